The molecule has 3 heteroatoms. The number of hydrogen-bond acceptors (Lipinski definition) is 3. The van der Waals surface area contributed by atoms with Crippen molar-refractivity contribution in [2.24, 2.45) is 0 Å². The second-order valence-corrected chi connectivity index (χ2v) is 5.19. The highest BCUT2D eigenvalue weighted by atomic mass is 32.2. The quantitative estimate of drug-likeness (QED) is 0.651. The van der Waals surface area contributed by atoms with Crippen LogP contribution in [0, 0.1) is 0 Å². The van der Waals surface area contributed by atoms with E-state index in [1.165, 1.54) is 24.6 Å². The molecule has 0 amide bonds. The Morgan fingerprint density at radius 1 is 1.17 bits per heavy atom. The molecule has 12 heavy (non-hydrogen) atoms. The highest BCUT2D eigenvalue weighted by Crippen LogP contribution is 2.24. The SMILES string of the molecule is C[C@@H]1CN(C2CSC2)C[C@H](C)N1. The lowest BCUT2D eigenvalue weighted by Crippen LogP contribution is -2.59. The third kappa shape index (κ3) is 1.78. The molecule has 0 aromatic heterocycles. The van der Waals surface area contributed by atoms with E-state index in [2.05, 4.69) is 35.8 Å². The van der Waals surface area contributed by atoms with Crippen LogP contribution in [-0.2, 0) is 0 Å². The molecule has 2 fully saturated rings. The summed E-state index contributed by atoms with van der Waals surface area (Å²) in [6.07, 6.45) is 0. The molecule has 0 aromatic carbocycles. The van der Waals surface area contributed by atoms with Gasteiger partial charge in [-0.15, -0.1) is 0 Å². The molecular formula is C9H18N2S. The van der Waals surface area contributed by atoms with E-state index in [1.807, 2.05) is 0 Å². The number of nitrogens with one attached hydrogen (secondary N) is 1. The lowest BCUT2D eigenvalue weighted by atomic mass is 10.1. The van der Waals surface area contributed by atoms with Gasteiger partial charge in [-0.2, -0.15) is 11.8 Å². The van der Waals surface area contributed by atoms with Crippen LogP contribution in [-0.4, -0.2) is 47.6 Å². The number of nitrogens with zero attached hydrogens (tertiary/aromatic N) is 1. The molecule has 70 valence electrons. The lowest BCUT2D eigenvalue weighted by molar-refractivity contribution is 0.139. The number of rotatable bonds is 1. The second-order valence-electron chi connectivity index (χ2n) is 4.11. The Kier molecular flexibility index (Phi) is 2.63. The zero-order valence-electron chi connectivity index (χ0n) is 7.92. The summed E-state index contributed by atoms with van der Waals surface area (Å²) in [5.74, 6) is 2.72. The highest BCUT2D eigenvalue weighted by Gasteiger charge is 2.30. The van der Waals surface area contributed by atoms with Gasteiger partial charge in [-0.1, -0.05) is 0 Å². The van der Waals surface area contributed by atoms with Gasteiger partial charge in [0.2, 0.25) is 0 Å². The summed E-state index contributed by atoms with van der Waals surface area (Å²) in [4.78, 5) is 2.66. The van der Waals surface area contributed by atoms with Crippen molar-refractivity contribution in [2.45, 2.75) is 32.0 Å². The maximum absolute atomic E-state index is 3.56. The van der Waals surface area contributed by atoms with Crippen LogP contribution in [0.4, 0.5) is 0 Å². The van der Waals surface area contributed by atoms with Gasteiger partial charge in [-0.05, 0) is 13.8 Å². The van der Waals surface area contributed by atoms with E-state index in [0.29, 0.717) is 12.1 Å². The molecule has 2 rings (SSSR count). The summed E-state index contributed by atoms with van der Waals surface area (Å²) in [5.41, 5.74) is 0. The maximum atomic E-state index is 3.56. The molecular weight excluding hydrogens is 168 g/mol. The van der Waals surface area contributed by atoms with E-state index in [1.54, 1.807) is 0 Å². The van der Waals surface area contributed by atoms with Crippen LogP contribution in [0.1, 0.15) is 13.8 Å². The second kappa shape index (κ2) is 3.56. The minimum absolute atomic E-state index is 0.680. The highest BCUT2D eigenvalue weighted by molar-refractivity contribution is 8.00. The van der Waals surface area contributed by atoms with Crippen LogP contribution in [0.5, 0.6) is 0 Å². The van der Waals surface area contributed by atoms with Crippen LogP contribution in [0.3, 0.4) is 0 Å². The summed E-state index contributed by atoms with van der Waals surface area (Å²) in [6.45, 7) is 7.06. The first-order valence-corrected chi connectivity index (χ1v) is 5.99. The van der Waals surface area contributed by atoms with Gasteiger partial charge < -0.3 is 5.32 Å². The largest absolute Gasteiger partial charge is 0.309 e. The summed E-state index contributed by atoms with van der Waals surface area (Å²) in [5, 5.41) is 3.56. The van der Waals surface area contributed by atoms with Crippen molar-refractivity contribution in [1.29, 1.82) is 0 Å². The van der Waals surface area contributed by atoms with Crippen molar-refractivity contribution in [3.05, 3.63) is 0 Å². The van der Waals surface area contributed by atoms with E-state index in [-0.39, 0.29) is 0 Å². The zero-order chi connectivity index (χ0) is 8.55. The van der Waals surface area contributed by atoms with E-state index >= 15 is 0 Å². The fraction of sp³-hybridized carbons (Fsp3) is 1.00. The van der Waals surface area contributed by atoms with Crippen molar-refractivity contribution < 1.29 is 0 Å². The molecule has 2 heterocycles. The molecule has 2 aliphatic heterocycles. The average molecular weight is 186 g/mol. The predicted octanol–water partition coefficient (Wildman–Crippen LogP) is 0.784. The molecule has 0 aromatic rings. The molecule has 2 saturated heterocycles. The van der Waals surface area contributed by atoms with Gasteiger partial charge in [0.25, 0.3) is 0 Å². The van der Waals surface area contributed by atoms with Crippen LogP contribution >= 0.6 is 11.8 Å². The van der Waals surface area contributed by atoms with Gasteiger partial charge >= 0.3 is 0 Å². The minimum Gasteiger partial charge on any atom is -0.309 e. The van der Waals surface area contributed by atoms with Crippen molar-refractivity contribution in [2.75, 3.05) is 24.6 Å². The Morgan fingerprint density at radius 2 is 1.75 bits per heavy atom. The first kappa shape index (κ1) is 8.85. The minimum atomic E-state index is 0.680. The molecule has 0 radical (unpaired) electrons. The lowest BCUT2D eigenvalue weighted by Gasteiger charge is -2.44. The Balaban J connectivity index is 1.87. The van der Waals surface area contributed by atoms with Crippen molar-refractivity contribution >= 4 is 11.8 Å². The summed E-state index contributed by atoms with van der Waals surface area (Å²) in [7, 11) is 0. The van der Waals surface area contributed by atoms with E-state index in [9.17, 15) is 0 Å². The molecule has 2 nitrogen and oxygen atoms in total. The Hall–Kier alpha value is 0.270. The summed E-state index contributed by atoms with van der Waals surface area (Å²) < 4.78 is 0. The van der Waals surface area contributed by atoms with Crippen molar-refractivity contribution in [3.8, 4) is 0 Å². The van der Waals surface area contributed by atoms with E-state index in [4.69, 9.17) is 0 Å². The normalized spacial score (nSPS) is 39.5. The van der Waals surface area contributed by atoms with Crippen LogP contribution in [0.15, 0.2) is 0 Å². The third-order valence-corrected chi connectivity index (χ3v) is 3.96. The summed E-state index contributed by atoms with van der Waals surface area (Å²) >= 11 is 2.08. The first-order valence-electron chi connectivity index (χ1n) is 4.83. The van der Waals surface area contributed by atoms with Crippen LogP contribution in [0.2, 0.25) is 0 Å². The zero-order valence-corrected chi connectivity index (χ0v) is 8.73. The predicted molar refractivity (Wildman–Crippen MR) is 54.7 cm³/mol. The fourth-order valence-electron chi connectivity index (χ4n) is 2.10. The molecule has 0 unspecified atom stereocenters. The fourth-order valence-corrected chi connectivity index (χ4v) is 2.97. The molecule has 2 aliphatic rings. The van der Waals surface area contributed by atoms with Gasteiger partial charge in [0, 0.05) is 42.7 Å². The van der Waals surface area contributed by atoms with Gasteiger partial charge in [-0.3, -0.25) is 4.90 Å². The van der Waals surface area contributed by atoms with Crippen molar-refractivity contribution in [1.82, 2.24) is 10.2 Å². The van der Waals surface area contributed by atoms with Crippen molar-refractivity contribution in [3.63, 3.8) is 0 Å². The topological polar surface area (TPSA) is 15.3 Å². The molecule has 0 saturated carbocycles. The van der Waals surface area contributed by atoms with Gasteiger partial charge in [0.05, 0.1) is 0 Å². The molecule has 0 bridgehead atoms. The maximum Gasteiger partial charge on any atom is 0.0278 e. The first-order chi connectivity index (χ1) is 5.75. The molecule has 2 atom stereocenters. The molecule has 1 N–H and O–H groups in total. The van der Waals surface area contributed by atoms with Crippen LogP contribution in [0.25, 0.3) is 0 Å². The van der Waals surface area contributed by atoms with Gasteiger partial charge in [-0.25, -0.2) is 0 Å². The van der Waals surface area contributed by atoms with Crippen LogP contribution < -0.4 is 5.32 Å². The van der Waals surface area contributed by atoms with E-state index < -0.39 is 0 Å². The Morgan fingerprint density at radius 3 is 2.17 bits per heavy atom. The monoisotopic (exact) mass is 186 g/mol. The average Bonchev–Trinajstić information content (AvgIpc) is 1.79. The standard InChI is InChI=1S/C9H18N2S/c1-7-3-11(4-8(2)10-7)9-5-12-6-9/h7-10H,3-6H2,1-2H3/t7-,8+. The molecule has 0 aliphatic carbocycles. The van der Waals surface area contributed by atoms with Gasteiger partial charge in [0.15, 0.2) is 0 Å². The smallest absolute Gasteiger partial charge is 0.0278 e. The number of piperazine rings is 1. The number of thioether (sulfide) groups is 1. The third-order valence-electron chi connectivity index (χ3n) is 2.72. The molecule has 0 spiro atoms. The Bertz CT molecular complexity index is 149. The van der Waals surface area contributed by atoms with E-state index in [0.717, 1.165) is 6.04 Å². The number of hydrogen-bond donors (Lipinski definition) is 1. The Labute approximate surface area is 79.1 Å². The summed E-state index contributed by atoms with van der Waals surface area (Å²) in [6, 6.07) is 2.25. The van der Waals surface area contributed by atoms with Gasteiger partial charge in [0.1, 0.15) is 0 Å².